The Hall–Kier alpha value is -1.73. The summed E-state index contributed by atoms with van der Waals surface area (Å²) in [7, 11) is 1.64. The molecule has 0 atom stereocenters. The van der Waals surface area contributed by atoms with Crippen molar-refractivity contribution in [3.63, 3.8) is 0 Å². The van der Waals surface area contributed by atoms with Gasteiger partial charge in [0.15, 0.2) is 10.8 Å². The first-order valence-corrected chi connectivity index (χ1v) is 7.46. The molecule has 5 nitrogen and oxygen atoms in total. The lowest BCUT2D eigenvalue weighted by molar-refractivity contribution is 0.318. The van der Waals surface area contributed by atoms with Gasteiger partial charge in [-0.1, -0.05) is 11.2 Å². The molecule has 1 aromatic heterocycles. The van der Waals surface area contributed by atoms with Crippen LogP contribution in [0, 0.1) is 0 Å². The number of hydrogen-bond donors (Lipinski definition) is 2. The van der Waals surface area contributed by atoms with Crippen molar-refractivity contribution in [2.45, 2.75) is 4.90 Å². The number of thiazole rings is 1. The van der Waals surface area contributed by atoms with Crippen molar-refractivity contribution in [1.82, 2.24) is 4.98 Å². The number of thioether (sulfide) groups is 1. The van der Waals surface area contributed by atoms with Crippen molar-refractivity contribution < 1.29 is 9.94 Å². The summed E-state index contributed by atoms with van der Waals surface area (Å²) in [5, 5.41) is 13.9. The number of nitrogens with two attached hydrogens (primary N) is 1. The van der Waals surface area contributed by atoms with Gasteiger partial charge in [-0.05, 0) is 18.4 Å². The van der Waals surface area contributed by atoms with E-state index in [0.717, 1.165) is 21.9 Å². The van der Waals surface area contributed by atoms with Crippen LogP contribution in [0.3, 0.4) is 0 Å². The van der Waals surface area contributed by atoms with Crippen molar-refractivity contribution in [2.24, 2.45) is 10.9 Å². The summed E-state index contributed by atoms with van der Waals surface area (Å²) in [4.78, 5) is 5.39. The number of benzene rings is 1. The number of ether oxygens (including phenoxy) is 1. The second-order valence-corrected chi connectivity index (χ2v) is 5.30. The number of oxime groups is 1. The molecule has 0 radical (unpaired) electrons. The van der Waals surface area contributed by atoms with Crippen LogP contribution >= 0.6 is 23.1 Å². The fraction of sp³-hybridized carbons (Fsp3) is 0.167. The molecule has 0 aliphatic carbocycles. The van der Waals surface area contributed by atoms with Crippen LogP contribution in [-0.2, 0) is 0 Å². The van der Waals surface area contributed by atoms with E-state index in [1.165, 1.54) is 11.3 Å². The first-order valence-electron chi connectivity index (χ1n) is 5.35. The zero-order valence-corrected chi connectivity index (χ0v) is 12.1. The van der Waals surface area contributed by atoms with E-state index < -0.39 is 0 Å². The summed E-state index contributed by atoms with van der Waals surface area (Å²) in [6.45, 7) is 0. The van der Waals surface area contributed by atoms with Crippen LogP contribution in [0.1, 0.15) is 5.01 Å². The Morgan fingerprint density at radius 1 is 1.53 bits per heavy atom. The number of methoxy groups -OCH3 is 1. The van der Waals surface area contributed by atoms with Crippen molar-refractivity contribution >= 4 is 28.9 Å². The lowest BCUT2D eigenvalue weighted by Gasteiger charge is -2.07. The van der Waals surface area contributed by atoms with Crippen LogP contribution in [0.2, 0.25) is 0 Å². The minimum atomic E-state index is 0.0175. The van der Waals surface area contributed by atoms with Crippen molar-refractivity contribution in [2.75, 3.05) is 13.4 Å². The maximum atomic E-state index is 8.63. The topological polar surface area (TPSA) is 80.7 Å². The lowest BCUT2D eigenvalue weighted by atomic mass is 10.1. The Bertz CT molecular complexity index is 611. The normalized spacial score (nSPS) is 11.6. The average molecular weight is 295 g/mol. The fourth-order valence-electron chi connectivity index (χ4n) is 1.56. The van der Waals surface area contributed by atoms with Gasteiger partial charge in [-0.3, -0.25) is 0 Å². The smallest absolute Gasteiger partial charge is 0.199 e. The van der Waals surface area contributed by atoms with Crippen LogP contribution < -0.4 is 10.5 Å². The molecule has 0 saturated carbocycles. The van der Waals surface area contributed by atoms with Crippen LogP contribution in [0.5, 0.6) is 5.75 Å². The second kappa shape index (κ2) is 5.94. The lowest BCUT2D eigenvalue weighted by Crippen LogP contribution is -2.12. The molecule has 0 spiro atoms. The number of nitrogens with zero attached hydrogens (tertiary/aromatic N) is 2. The van der Waals surface area contributed by atoms with Crippen molar-refractivity contribution in [3.8, 4) is 17.0 Å². The highest BCUT2D eigenvalue weighted by Crippen LogP contribution is 2.32. The molecule has 0 bridgehead atoms. The quantitative estimate of drug-likeness (QED) is 0.298. The van der Waals surface area contributed by atoms with Crippen LogP contribution in [0.4, 0.5) is 0 Å². The van der Waals surface area contributed by atoms with Crippen LogP contribution in [0.15, 0.2) is 33.6 Å². The highest BCUT2D eigenvalue weighted by molar-refractivity contribution is 7.98. The summed E-state index contributed by atoms with van der Waals surface area (Å²) in [5.41, 5.74) is 7.22. The maximum Gasteiger partial charge on any atom is 0.199 e. The van der Waals surface area contributed by atoms with Crippen LogP contribution in [-0.4, -0.2) is 29.4 Å². The highest BCUT2D eigenvalue weighted by Gasteiger charge is 2.10. The van der Waals surface area contributed by atoms with Gasteiger partial charge in [-0.15, -0.1) is 23.1 Å². The van der Waals surface area contributed by atoms with Gasteiger partial charge < -0.3 is 15.7 Å². The molecule has 0 amide bonds. The summed E-state index contributed by atoms with van der Waals surface area (Å²) < 4.78 is 5.34. The van der Waals surface area contributed by atoms with E-state index in [9.17, 15) is 0 Å². The molecule has 0 unspecified atom stereocenters. The first-order chi connectivity index (χ1) is 9.19. The highest BCUT2D eigenvalue weighted by atomic mass is 32.2. The molecule has 2 aromatic rings. The summed E-state index contributed by atoms with van der Waals surface area (Å²) in [5.74, 6) is 0.826. The van der Waals surface area contributed by atoms with Gasteiger partial charge in [-0.25, -0.2) is 4.98 Å². The van der Waals surface area contributed by atoms with Gasteiger partial charge >= 0.3 is 0 Å². The molecule has 100 valence electrons. The number of aromatic nitrogens is 1. The second-order valence-electron chi connectivity index (χ2n) is 3.59. The van der Waals surface area contributed by atoms with Crippen molar-refractivity contribution in [3.05, 3.63) is 28.6 Å². The van der Waals surface area contributed by atoms with Gasteiger partial charge in [0.2, 0.25) is 0 Å². The van der Waals surface area contributed by atoms with E-state index in [-0.39, 0.29) is 5.84 Å². The zero-order valence-electron chi connectivity index (χ0n) is 10.5. The van der Waals surface area contributed by atoms with Gasteiger partial charge in [-0.2, -0.15) is 0 Å². The maximum absolute atomic E-state index is 8.63. The van der Waals surface area contributed by atoms with Crippen LogP contribution in [0.25, 0.3) is 11.3 Å². The third-order valence-electron chi connectivity index (χ3n) is 2.51. The van der Waals surface area contributed by atoms with Gasteiger partial charge in [0.25, 0.3) is 0 Å². The van der Waals surface area contributed by atoms with Gasteiger partial charge in [0.05, 0.1) is 12.8 Å². The molecular weight excluding hydrogens is 282 g/mol. The molecule has 0 aliphatic heterocycles. The number of hydrogen-bond acceptors (Lipinski definition) is 6. The standard InChI is InChI=1S/C12H13N3O2S2/c1-17-9-5-7(3-4-10(9)18-2)8-6-19-12(14-8)11(13)15-16/h3-6,16H,1-2H3,(H2,13,15). The molecule has 7 heteroatoms. The Labute approximate surface area is 119 Å². The fourth-order valence-corrected chi connectivity index (χ4v) is 2.83. The Balaban J connectivity index is 2.39. The van der Waals surface area contributed by atoms with E-state index in [1.807, 2.05) is 29.8 Å². The third kappa shape index (κ3) is 2.82. The zero-order chi connectivity index (χ0) is 13.8. The van der Waals surface area contributed by atoms with Gasteiger partial charge in [0, 0.05) is 15.8 Å². The number of amidine groups is 1. The largest absolute Gasteiger partial charge is 0.496 e. The average Bonchev–Trinajstić information content (AvgIpc) is 2.95. The predicted molar refractivity (Wildman–Crippen MR) is 78.4 cm³/mol. The van der Waals surface area contributed by atoms with E-state index in [2.05, 4.69) is 10.1 Å². The molecule has 1 heterocycles. The summed E-state index contributed by atoms with van der Waals surface area (Å²) in [6, 6.07) is 5.89. The minimum absolute atomic E-state index is 0.0175. The Morgan fingerprint density at radius 2 is 2.32 bits per heavy atom. The monoisotopic (exact) mass is 295 g/mol. The van der Waals surface area contributed by atoms with Crippen molar-refractivity contribution in [1.29, 1.82) is 0 Å². The third-order valence-corrected chi connectivity index (χ3v) is 4.15. The molecule has 3 N–H and O–H groups in total. The van der Waals surface area contributed by atoms with E-state index in [4.69, 9.17) is 15.7 Å². The SMILES string of the molecule is COc1cc(-c2csc(/C(N)=N/O)n2)ccc1SC. The molecule has 0 fully saturated rings. The van der Waals surface area contributed by atoms with Gasteiger partial charge in [0.1, 0.15) is 5.75 Å². The molecule has 0 saturated heterocycles. The van der Waals surface area contributed by atoms with E-state index >= 15 is 0 Å². The molecule has 1 aromatic carbocycles. The van der Waals surface area contributed by atoms with E-state index in [1.54, 1.807) is 18.9 Å². The molecule has 19 heavy (non-hydrogen) atoms. The minimum Gasteiger partial charge on any atom is -0.496 e. The summed E-state index contributed by atoms with van der Waals surface area (Å²) in [6.07, 6.45) is 2.00. The molecule has 0 aliphatic rings. The summed E-state index contributed by atoms with van der Waals surface area (Å²) >= 11 is 2.95. The molecule has 2 rings (SSSR count). The Morgan fingerprint density at radius 3 is 2.95 bits per heavy atom. The predicted octanol–water partition coefficient (Wildman–Crippen LogP) is 2.64. The van der Waals surface area contributed by atoms with E-state index in [0.29, 0.717) is 5.01 Å². The Kier molecular flexibility index (Phi) is 4.28. The first kappa shape index (κ1) is 13.7. The number of rotatable bonds is 4. The molecular formula is C12H13N3O2S2.